The van der Waals surface area contributed by atoms with E-state index in [1.165, 1.54) is 16.4 Å². The lowest BCUT2D eigenvalue weighted by Gasteiger charge is -2.14. The monoisotopic (exact) mass is 347 g/mol. The molecule has 1 aromatic carbocycles. The van der Waals surface area contributed by atoms with Crippen LogP contribution >= 0.6 is 11.8 Å². The number of carbonyl (C=O) groups is 1. The van der Waals surface area contributed by atoms with Crippen molar-refractivity contribution in [2.45, 2.75) is 24.9 Å². The molecule has 1 aliphatic rings. The Morgan fingerprint density at radius 2 is 1.96 bits per heavy atom. The fraction of sp³-hybridized carbons (Fsp3) is 0.438. The summed E-state index contributed by atoms with van der Waals surface area (Å²) < 4.78 is 6.85. The van der Waals surface area contributed by atoms with Gasteiger partial charge in [-0.2, -0.15) is 0 Å². The first kappa shape index (κ1) is 16.6. The minimum atomic E-state index is 0.128. The van der Waals surface area contributed by atoms with Crippen molar-refractivity contribution in [1.82, 2.24) is 19.8 Å². The number of hydrogen-bond donors (Lipinski definition) is 1. The van der Waals surface area contributed by atoms with Crippen molar-refractivity contribution >= 4 is 17.7 Å². The third kappa shape index (κ3) is 3.64. The average molecular weight is 347 g/mol. The second-order valence-electron chi connectivity index (χ2n) is 5.51. The zero-order valence-corrected chi connectivity index (χ0v) is 14.5. The van der Waals surface area contributed by atoms with E-state index in [0.717, 1.165) is 37.2 Å². The van der Waals surface area contributed by atoms with E-state index >= 15 is 0 Å². The zero-order chi connectivity index (χ0) is 16.9. The fourth-order valence-electron chi connectivity index (χ4n) is 2.62. The molecule has 1 saturated heterocycles. The molecule has 0 saturated carbocycles. The third-order valence-corrected chi connectivity index (χ3v) is 4.80. The Bertz CT molecular complexity index is 695. The van der Waals surface area contributed by atoms with Crippen molar-refractivity contribution < 1.29 is 9.53 Å². The number of rotatable bonds is 6. The molecular formula is C16H21N5O2S. The molecule has 1 amide bonds. The lowest BCUT2D eigenvalue weighted by Crippen LogP contribution is -2.29. The van der Waals surface area contributed by atoms with Gasteiger partial charge in [0.05, 0.1) is 12.4 Å². The number of nitrogens with two attached hydrogens (primary N) is 1. The Kier molecular flexibility index (Phi) is 5.24. The van der Waals surface area contributed by atoms with Gasteiger partial charge in [0.1, 0.15) is 5.75 Å². The lowest BCUT2D eigenvalue weighted by atomic mass is 10.2. The second kappa shape index (κ2) is 7.57. The van der Waals surface area contributed by atoms with Crippen LogP contribution in [0.5, 0.6) is 5.75 Å². The van der Waals surface area contributed by atoms with Crippen molar-refractivity contribution in [3.8, 4) is 17.1 Å². The first-order valence-electron chi connectivity index (χ1n) is 8.03. The van der Waals surface area contributed by atoms with Gasteiger partial charge in [0.2, 0.25) is 11.1 Å². The maximum absolute atomic E-state index is 12.1. The van der Waals surface area contributed by atoms with Gasteiger partial charge in [-0.15, -0.1) is 10.2 Å². The van der Waals surface area contributed by atoms with Gasteiger partial charge in [-0.1, -0.05) is 11.8 Å². The summed E-state index contributed by atoms with van der Waals surface area (Å²) in [5, 5.41) is 8.77. The number of likely N-dealkylation sites (tertiary alicyclic amines) is 1. The average Bonchev–Trinajstić information content (AvgIpc) is 3.24. The Balaban J connectivity index is 1.65. The van der Waals surface area contributed by atoms with Gasteiger partial charge >= 0.3 is 0 Å². The number of aromatic nitrogens is 3. The maximum Gasteiger partial charge on any atom is 0.233 e. The first-order chi connectivity index (χ1) is 11.7. The molecule has 8 heteroatoms. The van der Waals surface area contributed by atoms with E-state index in [2.05, 4.69) is 10.2 Å². The number of nitrogens with zero attached hydrogens (tertiary/aromatic N) is 4. The SMILES string of the molecule is CCOc1ccc(-c2nnc(SCC(=O)N3CCCC3)n2N)cc1. The largest absolute Gasteiger partial charge is 0.494 e. The number of carbonyl (C=O) groups excluding carboxylic acids is 1. The molecular weight excluding hydrogens is 326 g/mol. The van der Waals surface area contributed by atoms with E-state index in [-0.39, 0.29) is 5.91 Å². The van der Waals surface area contributed by atoms with E-state index in [0.29, 0.717) is 23.3 Å². The lowest BCUT2D eigenvalue weighted by molar-refractivity contribution is -0.127. The number of nitrogen functional groups attached to an aromatic ring is 1. The summed E-state index contributed by atoms with van der Waals surface area (Å²) in [6.07, 6.45) is 2.18. The van der Waals surface area contributed by atoms with Crippen molar-refractivity contribution in [3.63, 3.8) is 0 Å². The van der Waals surface area contributed by atoms with Crippen LogP contribution in [0.2, 0.25) is 0 Å². The molecule has 1 aliphatic heterocycles. The summed E-state index contributed by atoms with van der Waals surface area (Å²) >= 11 is 1.32. The van der Waals surface area contributed by atoms with Gasteiger partial charge in [-0.3, -0.25) is 4.79 Å². The number of thioether (sulfide) groups is 1. The number of benzene rings is 1. The number of ether oxygens (including phenoxy) is 1. The zero-order valence-electron chi connectivity index (χ0n) is 13.6. The molecule has 0 unspecified atom stereocenters. The molecule has 0 radical (unpaired) electrons. The second-order valence-corrected chi connectivity index (χ2v) is 6.45. The van der Waals surface area contributed by atoms with Crippen molar-refractivity contribution in [2.24, 2.45) is 0 Å². The summed E-state index contributed by atoms with van der Waals surface area (Å²) in [6.45, 7) is 4.27. The predicted octanol–water partition coefficient (Wildman–Crippen LogP) is 1.77. The van der Waals surface area contributed by atoms with E-state index in [4.69, 9.17) is 10.6 Å². The molecule has 0 atom stereocenters. The standard InChI is InChI=1S/C16H21N5O2S/c1-2-23-13-7-5-12(6-8-13)15-18-19-16(21(15)17)24-11-14(22)20-9-3-4-10-20/h5-8H,2-4,9-11,17H2,1H3. The molecule has 0 aliphatic carbocycles. The van der Waals surface area contributed by atoms with Crippen LogP contribution in [0.25, 0.3) is 11.4 Å². The highest BCUT2D eigenvalue weighted by atomic mass is 32.2. The Labute approximate surface area is 145 Å². The molecule has 0 spiro atoms. The maximum atomic E-state index is 12.1. The van der Waals surface area contributed by atoms with Gasteiger partial charge in [0, 0.05) is 18.7 Å². The molecule has 3 rings (SSSR count). The van der Waals surface area contributed by atoms with E-state index in [9.17, 15) is 4.79 Å². The third-order valence-electron chi connectivity index (χ3n) is 3.87. The van der Waals surface area contributed by atoms with E-state index in [1.807, 2.05) is 36.1 Å². The molecule has 2 aromatic rings. The highest BCUT2D eigenvalue weighted by Crippen LogP contribution is 2.24. The van der Waals surface area contributed by atoms with Gasteiger partial charge in [-0.25, -0.2) is 4.68 Å². The van der Waals surface area contributed by atoms with Crippen LogP contribution in [0.3, 0.4) is 0 Å². The van der Waals surface area contributed by atoms with Crippen molar-refractivity contribution in [2.75, 3.05) is 31.3 Å². The molecule has 2 N–H and O–H groups in total. The molecule has 128 valence electrons. The highest BCUT2D eigenvalue weighted by Gasteiger charge is 2.19. The molecule has 1 aromatic heterocycles. The van der Waals surface area contributed by atoms with Gasteiger partial charge in [0.25, 0.3) is 0 Å². The quantitative estimate of drug-likeness (QED) is 0.633. The molecule has 7 nitrogen and oxygen atoms in total. The minimum absolute atomic E-state index is 0.128. The Hall–Kier alpha value is -2.22. The van der Waals surface area contributed by atoms with Crippen LogP contribution in [0.4, 0.5) is 0 Å². The summed E-state index contributed by atoms with van der Waals surface area (Å²) in [7, 11) is 0. The molecule has 0 bridgehead atoms. The van der Waals surface area contributed by atoms with Crippen LogP contribution in [0.15, 0.2) is 29.4 Å². The normalized spacial score (nSPS) is 14.1. The van der Waals surface area contributed by atoms with Crippen LogP contribution in [0.1, 0.15) is 19.8 Å². The topological polar surface area (TPSA) is 86.3 Å². The smallest absolute Gasteiger partial charge is 0.233 e. The first-order valence-corrected chi connectivity index (χ1v) is 9.02. The molecule has 24 heavy (non-hydrogen) atoms. The number of hydrogen-bond acceptors (Lipinski definition) is 6. The Morgan fingerprint density at radius 1 is 1.25 bits per heavy atom. The fourth-order valence-corrected chi connectivity index (χ4v) is 3.38. The van der Waals surface area contributed by atoms with Crippen LogP contribution < -0.4 is 10.6 Å². The van der Waals surface area contributed by atoms with Gasteiger partial charge < -0.3 is 15.5 Å². The van der Waals surface area contributed by atoms with Gasteiger partial charge in [0.15, 0.2) is 5.82 Å². The minimum Gasteiger partial charge on any atom is -0.494 e. The van der Waals surface area contributed by atoms with Crippen LogP contribution in [-0.4, -0.2) is 51.1 Å². The summed E-state index contributed by atoms with van der Waals surface area (Å²) in [6, 6.07) is 7.53. The van der Waals surface area contributed by atoms with Crippen molar-refractivity contribution in [3.05, 3.63) is 24.3 Å². The predicted molar refractivity (Wildman–Crippen MR) is 93.3 cm³/mol. The molecule has 2 heterocycles. The summed E-state index contributed by atoms with van der Waals surface area (Å²) in [4.78, 5) is 14.0. The van der Waals surface area contributed by atoms with Crippen LogP contribution in [-0.2, 0) is 4.79 Å². The highest BCUT2D eigenvalue weighted by molar-refractivity contribution is 7.99. The summed E-state index contributed by atoms with van der Waals surface area (Å²) in [5.74, 6) is 7.91. The van der Waals surface area contributed by atoms with Gasteiger partial charge in [-0.05, 0) is 44.0 Å². The van der Waals surface area contributed by atoms with Crippen molar-refractivity contribution in [1.29, 1.82) is 0 Å². The van der Waals surface area contributed by atoms with Crippen LogP contribution in [0, 0.1) is 0 Å². The summed E-state index contributed by atoms with van der Waals surface area (Å²) in [5.41, 5.74) is 0.853. The Morgan fingerprint density at radius 3 is 2.62 bits per heavy atom. The molecule has 1 fully saturated rings. The number of amides is 1. The van der Waals surface area contributed by atoms with E-state index < -0.39 is 0 Å². The van der Waals surface area contributed by atoms with E-state index in [1.54, 1.807) is 0 Å².